The largest absolute Gasteiger partial charge is 0.120 e. The smallest absolute Gasteiger partial charge is 0.104 e. The number of hydrogen-bond acceptors (Lipinski definition) is 0. The first-order valence-electron chi connectivity index (χ1n) is 6.78. The molecule has 0 aliphatic carbocycles. The maximum atomic E-state index is 7.22. The second kappa shape index (κ2) is 6.20. The topological polar surface area (TPSA) is 0 Å². The highest BCUT2D eigenvalue weighted by atomic mass is 127. The highest BCUT2D eigenvalue weighted by Crippen LogP contribution is 2.44. The van der Waals surface area contributed by atoms with E-state index in [0.29, 0.717) is 0 Å². The standard InChI is InChI=1S/C19H14ClI/c20-19(15-9-3-1-4-10-15,16-11-5-2-6-12-16)17-13-7-8-14-18(17)21/h1-14H. The molecule has 0 N–H and O–H groups in total. The minimum Gasteiger partial charge on any atom is -0.104 e. The highest BCUT2D eigenvalue weighted by molar-refractivity contribution is 14.1. The van der Waals surface area contributed by atoms with E-state index in [9.17, 15) is 0 Å². The van der Waals surface area contributed by atoms with Crippen LogP contribution in [0.5, 0.6) is 0 Å². The number of alkyl halides is 1. The summed E-state index contributed by atoms with van der Waals surface area (Å²) in [5, 5.41) is 0. The fraction of sp³-hybridized carbons (Fsp3) is 0.0526. The van der Waals surface area contributed by atoms with E-state index in [1.165, 1.54) is 0 Å². The van der Waals surface area contributed by atoms with Crippen molar-refractivity contribution in [1.82, 2.24) is 0 Å². The van der Waals surface area contributed by atoms with Crippen molar-refractivity contribution in [3.8, 4) is 0 Å². The molecule has 104 valence electrons. The van der Waals surface area contributed by atoms with Crippen molar-refractivity contribution in [1.29, 1.82) is 0 Å². The summed E-state index contributed by atoms with van der Waals surface area (Å²) in [6.07, 6.45) is 0. The molecule has 3 aromatic carbocycles. The Hall–Kier alpha value is -1.32. The van der Waals surface area contributed by atoms with Gasteiger partial charge in [-0.05, 0) is 45.3 Å². The lowest BCUT2D eigenvalue weighted by atomic mass is 9.84. The predicted molar refractivity (Wildman–Crippen MR) is 97.8 cm³/mol. The maximum absolute atomic E-state index is 7.22. The molecular formula is C19H14ClI. The zero-order valence-electron chi connectivity index (χ0n) is 11.3. The molecule has 3 rings (SSSR count). The second-order valence-corrected chi connectivity index (χ2v) is 6.60. The molecule has 0 aliphatic rings. The van der Waals surface area contributed by atoms with Gasteiger partial charge in [-0.3, -0.25) is 0 Å². The summed E-state index contributed by atoms with van der Waals surface area (Å²) in [6.45, 7) is 0. The molecule has 0 nitrogen and oxygen atoms in total. The first-order valence-corrected chi connectivity index (χ1v) is 8.23. The lowest BCUT2D eigenvalue weighted by Crippen LogP contribution is -2.23. The molecule has 0 bridgehead atoms. The summed E-state index contributed by atoms with van der Waals surface area (Å²) in [5.74, 6) is 0. The van der Waals surface area contributed by atoms with Crippen LogP contribution in [0.25, 0.3) is 0 Å². The Bertz CT molecular complexity index is 683. The molecule has 0 heterocycles. The molecule has 0 aliphatic heterocycles. The van der Waals surface area contributed by atoms with Crippen LogP contribution in [0.4, 0.5) is 0 Å². The molecule has 0 fully saturated rings. The summed E-state index contributed by atoms with van der Waals surface area (Å²) in [4.78, 5) is -0.666. The summed E-state index contributed by atoms with van der Waals surface area (Å²) in [5.41, 5.74) is 3.29. The Morgan fingerprint density at radius 3 is 1.52 bits per heavy atom. The van der Waals surface area contributed by atoms with Crippen LogP contribution in [-0.2, 0) is 4.87 Å². The van der Waals surface area contributed by atoms with E-state index >= 15 is 0 Å². The molecule has 0 saturated heterocycles. The molecule has 0 unspecified atom stereocenters. The minimum absolute atomic E-state index is 0.666. The molecule has 0 atom stereocenters. The normalized spacial score (nSPS) is 11.3. The molecule has 21 heavy (non-hydrogen) atoms. The van der Waals surface area contributed by atoms with Gasteiger partial charge in [-0.15, -0.1) is 11.6 Å². The van der Waals surface area contributed by atoms with Crippen molar-refractivity contribution in [2.45, 2.75) is 4.87 Å². The molecule has 0 aromatic heterocycles. The van der Waals surface area contributed by atoms with E-state index in [-0.39, 0.29) is 0 Å². The van der Waals surface area contributed by atoms with Crippen LogP contribution in [0.2, 0.25) is 0 Å². The molecule has 2 heteroatoms. The Kier molecular flexibility index (Phi) is 4.32. The van der Waals surface area contributed by atoms with Gasteiger partial charge < -0.3 is 0 Å². The van der Waals surface area contributed by atoms with Crippen molar-refractivity contribution in [3.05, 3.63) is 105 Å². The molecular weight excluding hydrogens is 391 g/mol. The van der Waals surface area contributed by atoms with Crippen molar-refractivity contribution in [2.75, 3.05) is 0 Å². The number of benzene rings is 3. The van der Waals surface area contributed by atoms with E-state index < -0.39 is 4.87 Å². The highest BCUT2D eigenvalue weighted by Gasteiger charge is 2.35. The van der Waals surface area contributed by atoms with Gasteiger partial charge in [0.2, 0.25) is 0 Å². The van der Waals surface area contributed by atoms with E-state index in [0.717, 1.165) is 20.3 Å². The van der Waals surface area contributed by atoms with Crippen molar-refractivity contribution >= 4 is 34.2 Å². The predicted octanol–water partition coefficient (Wildman–Crippen LogP) is 5.82. The van der Waals surface area contributed by atoms with Gasteiger partial charge in [0.05, 0.1) is 0 Å². The first kappa shape index (κ1) is 14.6. The summed E-state index contributed by atoms with van der Waals surface area (Å²) < 4.78 is 1.16. The summed E-state index contributed by atoms with van der Waals surface area (Å²) >= 11 is 9.57. The van der Waals surface area contributed by atoms with Gasteiger partial charge >= 0.3 is 0 Å². The lowest BCUT2D eigenvalue weighted by Gasteiger charge is -2.30. The fourth-order valence-electron chi connectivity index (χ4n) is 2.55. The third-order valence-corrected chi connectivity index (χ3v) is 5.17. The molecule has 0 radical (unpaired) electrons. The quantitative estimate of drug-likeness (QED) is 0.293. The van der Waals surface area contributed by atoms with Gasteiger partial charge in [-0.1, -0.05) is 78.9 Å². The number of hydrogen-bond donors (Lipinski definition) is 0. The SMILES string of the molecule is ClC(c1ccccc1)(c1ccccc1)c1ccccc1I. The molecule has 0 spiro atoms. The molecule has 0 amide bonds. The Morgan fingerprint density at radius 2 is 1.05 bits per heavy atom. The maximum Gasteiger partial charge on any atom is 0.120 e. The third-order valence-electron chi connectivity index (χ3n) is 3.59. The summed E-state index contributed by atoms with van der Waals surface area (Å²) in [6, 6.07) is 28.8. The molecule has 0 saturated carbocycles. The van der Waals surface area contributed by atoms with Crippen LogP contribution in [0.1, 0.15) is 16.7 Å². The zero-order chi connectivity index (χ0) is 14.7. The number of halogens is 2. The van der Waals surface area contributed by atoms with Crippen molar-refractivity contribution < 1.29 is 0 Å². The van der Waals surface area contributed by atoms with E-state index in [1.54, 1.807) is 0 Å². The van der Waals surface area contributed by atoms with E-state index in [2.05, 4.69) is 59.0 Å². The van der Waals surface area contributed by atoms with Gasteiger partial charge in [0.25, 0.3) is 0 Å². The number of rotatable bonds is 3. The Labute approximate surface area is 143 Å². The summed E-state index contributed by atoms with van der Waals surface area (Å²) in [7, 11) is 0. The zero-order valence-corrected chi connectivity index (χ0v) is 14.3. The van der Waals surface area contributed by atoms with Gasteiger partial charge in [-0.25, -0.2) is 0 Å². The average molecular weight is 405 g/mol. The van der Waals surface area contributed by atoms with Gasteiger partial charge in [0.1, 0.15) is 4.87 Å². The van der Waals surface area contributed by atoms with Crippen molar-refractivity contribution in [2.24, 2.45) is 0 Å². The van der Waals surface area contributed by atoms with Crippen LogP contribution in [0.3, 0.4) is 0 Å². The van der Waals surface area contributed by atoms with Crippen LogP contribution >= 0.6 is 34.2 Å². The first-order chi connectivity index (χ1) is 10.2. The lowest BCUT2D eigenvalue weighted by molar-refractivity contribution is 0.873. The van der Waals surface area contributed by atoms with Crippen LogP contribution < -0.4 is 0 Å². The van der Waals surface area contributed by atoms with Gasteiger partial charge in [-0.2, -0.15) is 0 Å². The van der Waals surface area contributed by atoms with E-state index in [1.807, 2.05) is 48.5 Å². The average Bonchev–Trinajstić information content (AvgIpc) is 2.56. The second-order valence-electron chi connectivity index (χ2n) is 4.87. The fourth-order valence-corrected chi connectivity index (χ4v) is 3.92. The van der Waals surface area contributed by atoms with E-state index in [4.69, 9.17) is 11.6 Å². The van der Waals surface area contributed by atoms with Gasteiger partial charge in [0, 0.05) is 3.57 Å². The minimum atomic E-state index is -0.666. The third kappa shape index (κ3) is 2.72. The van der Waals surface area contributed by atoms with Crippen LogP contribution in [0.15, 0.2) is 84.9 Å². The van der Waals surface area contributed by atoms with Crippen LogP contribution in [0, 0.1) is 3.57 Å². The Balaban J connectivity index is 2.29. The Morgan fingerprint density at radius 1 is 0.619 bits per heavy atom. The monoisotopic (exact) mass is 404 g/mol. The van der Waals surface area contributed by atoms with Gasteiger partial charge in [0.15, 0.2) is 0 Å². The van der Waals surface area contributed by atoms with Crippen molar-refractivity contribution in [3.63, 3.8) is 0 Å². The van der Waals surface area contributed by atoms with Crippen LogP contribution in [-0.4, -0.2) is 0 Å². The molecule has 3 aromatic rings.